The maximum absolute atomic E-state index is 15.3. The smallest absolute Gasteiger partial charge is 0.219 e. The van der Waals surface area contributed by atoms with Gasteiger partial charge in [-0.25, -0.2) is 0 Å². The molecule has 1 saturated carbocycles. The predicted octanol–water partition coefficient (Wildman–Crippen LogP) is 8.07. The fraction of sp³-hybridized carbons (Fsp3) is 0.500. The van der Waals surface area contributed by atoms with Crippen LogP contribution in [0.15, 0.2) is 60.7 Å². The highest BCUT2D eigenvalue weighted by atomic mass is 32.2. The molecule has 0 saturated heterocycles. The molecule has 6 heteroatoms. The van der Waals surface area contributed by atoms with Gasteiger partial charge >= 0.3 is 0 Å². The summed E-state index contributed by atoms with van der Waals surface area (Å²) in [4.78, 5) is 29.4. The second-order valence-corrected chi connectivity index (χ2v) is 14.1. The second kappa shape index (κ2) is 11.6. The van der Waals surface area contributed by atoms with Crippen molar-refractivity contribution in [1.82, 2.24) is 0 Å². The summed E-state index contributed by atoms with van der Waals surface area (Å²) in [5, 5.41) is 0. The second-order valence-electron chi connectivity index (χ2n) is 9.06. The molecular weight excluding hydrogens is 479 g/mol. The number of thioether (sulfide) groups is 2. The zero-order valence-corrected chi connectivity index (χ0v) is 23.3. The minimum absolute atomic E-state index is 0.346. The first-order valence-corrected chi connectivity index (χ1v) is 16.5. The Labute approximate surface area is 213 Å². The van der Waals surface area contributed by atoms with Gasteiger partial charge in [0.15, 0.2) is 0 Å². The van der Waals surface area contributed by atoms with Gasteiger partial charge in [-0.05, 0) is 49.3 Å². The summed E-state index contributed by atoms with van der Waals surface area (Å²) in [6, 6.07) is 19.3. The van der Waals surface area contributed by atoms with Crippen molar-refractivity contribution >= 4 is 41.7 Å². The first-order chi connectivity index (χ1) is 16.4. The van der Waals surface area contributed by atoms with Crippen molar-refractivity contribution < 1.29 is 14.2 Å². The third kappa shape index (κ3) is 4.61. The Balaban J connectivity index is 2.25. The van der Waals surface area contributed by atoms with Crippen molar-refractivity contribution in [3.63, 3.8) is 0 Å². The van der Waals surface area contributed by atoms with Crippen molar-refractivity contribution in [2.24, 2.45) is 0 Å². The predicted molar refractivity (Wildman–Crippen MR) is 148 cm³/mol. The third-order valence-corrected chi connectivity index (χ3v) is 14.2. The summed E-state index contributed by atoms with van der Waals surface area (Å²) in [6.07, 6.45) is 9.06. The summed E-state index contributed by atoms with van der Waals surface area (Å²) in [6.45, 7) is 3.94. The molecule has 184 valence electrons. The van der Waals surface area contributed by atoms with Crippen LogP contribution in [-0.4, -0.2) is 29.2 Å². The van der Waals surface area contributed by atoms with Gasteiger partial charge in [0.1, 0.15) is 9.49 Å². The highest BCUT2D eigenvalue weighted by Gasteiger charge is 2.59. The Morgan fingerprint density at radius 2 is 1.15 bits per heavy atom. The van der Waals surface area contributed by atoms with Crippen LogP contribution in [0.5, 0.6) is 0 Å². The maximum atomic E-state index is 15.3. The van der Waals surface area contributed by atoms with Crippen molar-refractivity contribution in [1.29, 1.82) is 0 Å². The molecule has 0 radical (unpaired) electrons. The Bertz CT molecular complexity index is 937. The largest absolute Gasteiger partial charge is 0.307 e. The molecule has 34 heavy (non-hydrogen) atoms. The average Bonchev–Trinajstić information content (AvgIpc) is 2.92. The summed E-state index contributed by atoms with van der Waals surface area (Å²) in [7, 11) is -3.94. The number of hydrogen-bond donors (Lipinski definition) is 0. The molecule has 0 aromatic heterocycles. The van der Waals surface area contributed by atoms with Gasteiger partial charge in [0, 0.05) is 5.66 Å². The molecule has 3 rings (SSSR count). The summed E-state index contributed by atoms with van der Waals surface area (Å²) in [5.41, 5.74) is 0.612. The standard InChI is InChI=1S/C28H37O3PS2/c1-5-27(33-3,22-16-10-7-11-17-22)25(29)32(31,24-20-14-9-15-21-24)26(30)28(6-2,34-4)23-18-12-8-13-19-23/h7-8,10-13,16-19,24H,5-6,9,14-15,20-21H2,1-4H3. The summed E-state index contributed by atoms with van der Waals surface area (Å²) < 4.78 is 13.3. The lowest BCUT2D eigenvalue weighted by atomic mass is 9.96. The average molecular weight is 517 g/mol. The summed E-state index contributed by atoms with van der Waals surface area (Å²) in [5.74, 6) is 0. The minimum atomic E-state index is -3.94. The quantitative estimate of drug-likeness (QED) is 0.283. The van der Waals surface area contributed by atoms with Gasteiger partial charge in [-0.2, -0.15) is 0 Å². The zero-order valence-electron chi connectivity index (χ0n) is 20.8. The lowest BCUT2D eigenvalue weighted by Gasteiger charge is -2.41. The Morgan fingerprint density at radius 3 is 1.47 bits per heavy atom. The monoisotopic (exact) mass is 516 g/mol. The van der Waals surface area contributed by atoms with Crippen LogP contribution in [0.1, 0.15) is 69.9 Å². The van der Waals surface area contributed by atoms with E-state index in [-0.39, 0.29) is 16.7 Å². The van der Waals surface area contributed by atoms with E-state index in [0.29, 0.717) is 25.7 Å². The molecule has 0 N–H and O–H groups in total. The normalized spacial score (nSPS) is 20.0. The topological polar surface area (TPSA) is 51.2 Å². The lowest BCUT2D eigenvalue weighted by molar-refractivity contribution is -0.117. The molecule has 2 aromatic carbocycles. The zero-order chi connectivity index (χ0) is 24.8. The van der Waals surface area contributed by atoms with Crippen molar-refractivity contribution in [3.05, 3.63) is 71.8 Å². The van der Waals surface area contributed by atoms with Crippen LogP contribution < -0.4 is 0 Å². The van der Waals surface area contributed by atoms with Gasteiger partial charge in [0.05, 0.1) is 0 Å². The van der Waals surface area contributed by atoms with Crippen LogP contribution in [0.3, 0.4) is 0 Å². The molecule has 0 heterocycles. The van der Waals surface area contributed by atoms with E-state index in [9.17, 15) is 9.59 Å². The van der Waals surface area contributed by atoms with E-state index in [1.807, 2.05) is 87.0 Å². The molecule has 0 aliphatic heterocycles. The van der Waals surface area contributed by atoms with Crippen LogP contribution in [0.25, 0.3) is 0 Å². The van der Waals surface area contributed by atoms with Gasteiger partial charge < -0.3 is 4.57 Å². The Hall–Kier alpha value is -1.29. The molecule has 2 unspecified atom stereocenters. The fourth-order valence-electron chi connectivity index (χ4n) is 5.48. The Kier molecular flexibility index (Phi) is 9.34. The van der Waals surface area contributed by atoms with Crippen LogP contribution >= 0.6 is 30.7 Å². The summed E-state index contributed by atoms with van der Waals surface area (Å²) >= 11 is 2.86. The van der Waals surface area contributed by atoms with Crippen LogP contribution in [0.2, 0.25) is 0 Å². The molecule has 2 aromatic rings. The number of hydrogen-bond acceptors (Lipinski definition) is 5. The van der Waals surface area contributed by atoms with Crippen molar-refractivity contribution in [3.8, 4) is 0 Å². The van der Waals surface area contributed by atoms with Gasteiger partial charge in [0.25, 0.3) is 0 Å². The molecular formula is C28H37O3PS2. The first kappa shape index (κ1) is 27.3. The fourth-order valence-corrected chi connectivity index (χ4v) is 12.1. The number of rotatable bonds is 11. The van der Waals surface area contributed by atoms with E-state index in [4.69, 9.17) is 0 Å². The number of carbonyl (C=O) groups is 2. The van der Waals surface area contributed by atoms with E-state index in [2.05, 4.69) is 0 Å². The minimum Gasteiger partial charge on any atom is -0.307 e. The molecule has 1 aliphatic carbocycles. The molecule has 1 aliphatic rings. The third-order valence-electron chi connectivity index (χ3n) is 7.56. The van der Waals surface area contributed by atoms with E-state index in [1.165, 1.54) is 23.5 Å². The van der Waals surface area contributed by atoms with Gasteiger partial charge in [-0.1, -0.05) is 93.8 Å². The van der Waals surface area contributed by atoms with Crippen molar-refractivity contribution in [2.45, 2.75) is 73.9 Å². The highest BCUT2D eigenvalue weighted by Crippen LogP contribution is 2.67. The van der Waals surface area contributed by atoms with Gasteiger partial charge in [-0.3, -0.25) is 9.59 Å². The van der Waals surface area contributed by atoms with Crippen molar-refractivity contribution in [2.75, 3.05) is 12.5 Å². The molecule has 0 bridgehead atoms. The van der Waals surface area contributed by atoms with E-state index >= 15 is 4.57 Å². The molecule has 1 fully saturated rings. The maximum Gasteiger partial charge on any atom is 0.219 e. The lowest BCUT2D eigenvalue weighted by Crippen LogP contribution is -2.42. The van der Waals surface area contributed by atoms with Gasteiger partial charge in [-0.15, -0.1) is 23.5 Å². The first-order valence-electron chi connectivity index (χ1n) is 12.3. The molecule has 2 atom stereocenters. The van der Waals surface area contributed by atoms with Crippen LogP contribution in [0.4, 0.5) is 0 Å². The van der Waals surface area contributed by atoms with E-state index in [0.717, 1.165) is 30.4 Å². The molecule has 0 amide bonds. The van der Waals surface area contributed by atoms with Crippen LogP contribution in [-0.2, 0) is 23.6 Å². The van der Waals surface area contributed by atoms with Crippen LogP contribution in [0, 0.1) is 0 Å². The molecule has 3 nitrogen and oxygen atoms in total. The van der Waals surface area contributed by atoms with E-state index in [1.54, 1.807) is 0 Å². The number of carbonyl (C=O) groups excluding carboxylic acids is 2. The van der Waals surface area contributed by atoms with Gasteiger partial charge in [0.2, 0.25) is 18.2 Å². The van der Waals surface area contributed by atoms with E-state index < -0.39 is 16.6 Å². The SMILES string of the molecule is CCC(SC)(C(=O)P(=O)(C(=O)C(CC)(SC)c1ccccc1)C1CCCCC1)c1ccccc1. The highest BCUT2D eigenvalue weighted by molar-refractivity contribution is 8.06. The number of benzene rings is 2. The molecule has 0 spiro atoms. The Morgan fingerprint density at radius 1 is 0.765 bits per heavy atom.